The summed E-state index contributed by atoms with van der Waals surface area (Å²) in [6, 6.07) is 15.3. The van der Waals surface area contributed by atoms with Gasteiger partial charge < -0.3 is 19.1 Å². The summed E-state index contributed by atoms with van der Waals surface area (Å²) in [6.45, 7) is 5.22. The highest BCUT2D eigenvalue weighted by molar-refractivity contribution is 5.57. The van der Waals surface area contributed by atoms with Crippen LogP contribution in [0.2, 0.25) is 0 Å². The Morgan fingerprint density at radius 1 is 1.06 bits per heavy atom. The van der Waals surface area contributed by atoms with Gasteiger partial charge in [-0.3, -0.25) is 10.3 Å². The van der Waals surface area contributed by atoms with Crippen LogP contribution in [0.1, 0.15) is 29.0 Å². The number of nitrogens with one attached hydrogen (secondary N) is 1. The molecule has 0 radical (unpaired) electrons. The average molecular weight is 418 g/mol. The van der Waals surface area contributed by atoms with Crippen LogP contribution in [0.4, 0.5) is 0 Å². The Labute approximate surface area is 181 Å². The van der Waals surface area contributed by atoms with E-state index in [0.717, 1.165) is 62.5 Å². The number of hydrogen-bond donors (Lipinski definition) is 2. The lowest BCUT2D eigenvalue weighted by molar-refractivity contribution is 0.0369. The van der Waals surface area contributed by atoms with Crippen LogP contribution in [0, 0.1) is 5.41 Å². The molecule has 0 amide bonds. The minimum absolute atomic E-state index is 0.147. The number of hydrogen-bond acceptors (Lipinski definition) is 6. The van der Waals surface area contributed by atoms with E-state index in [2.05, 4.69) is 22.0 Å². The van der Waals surface area contributed by atoms with E-state index in [9.17, 15) is 5.11 Å². The number of ether oxygens (including phenoxy) is 2. The van der Waals surface area contributed by atoms with Crippen molar-refractivity contribution >= 4 is 0 Å². The number of phenolic OH excluding ortho intramolecular Hbond substituents is 1. The van der Waals surface area contributed by atoms with E-state index in [0.29, 0.717) is 17.1 Å². The number of nitrogens with zero attached hydrogens (tertiary/aromatic N) is 3. The van der Waals surface area contributed by atoms with Crippen molar-refractivity contribution in [1.29, 1.82) is 5.41 Å². The largest absolute Gasteiger partial charge is 0.508 e. The lowest BCUT2D eigenvalue weighted by Gasteiger charge is -2.29. The molecule has 0 aliphatic carbocycles. The van der Waals surface area contributed by atoms with Gasteiger partial charge in [0.2, 0.25) is 5.88 Å². The minimum atomic E-state index is -0.174. The molecule has 1 fully saturated rings. The van der Waals surface area contributed by atoms with Gasteiger partial charge in [0.05, 0.1) is 18.8 Å². The van der Waals surface area contributed by atoms with E-state index in [4.69, 9.17) is 14.9 Å². The molecule has 31 heavy (non-hydrogen) atoms. The molecular formula is C24H26N4O3. The van der Waals surface area contributed by atoms with E-state index in [-0.39, 0.29) is 11.7 Å². The number of morpholine rings is 1. The van der Waals surface area contributed by atoms with Crippen LogP contribution in [0.15, 0.2) is 54.9 Å². The summed E-state index contributed by atoms with van der Waals surface area (Å²) in [5, 5.41) is 18.9. The molecule has 160 valence electrons. The summed E-state index contributed by atoms with van der Waals surface area (Å²) >= 11 is 0. The Bertz CT molecular complexity index is 1120. The Hall–Kier alpha value is -3.16. The van der Waals surface area contributed by atoms with Crippen LogP contribution >= 0.6 is 0 Å². The lowest BCUT2D eigenvalue weighted by Crippen LogP contribution is -2.37. The SMILES string of the molecule is N=c1c2c(ncn1CCCN1CCOCC1)Oc1cc(O)ccc1[C@H]2c1ccccc1. The zero-order valence-electron chi connectivity index (χ0n) is 17.3. The molecule has 2 aromatic carbocycles. The Kier molecular flexibility index (Phi) is 5.44. The van der Waals surface area contributed by atoms with Crippen molar-refractivity contribution in [1.82, 2.24) is 14.5 Å². The van der Waals surface area contributed by atoms with E-state index in [1.165, 1.54) is 0 Å². The van der Waals surface area contributed by atoms with Gasteiger partial charge in [-0.05, 0) is 18.1 Å². The van der Waals surface area contributed by atoms with E-state index < -0.39 is 0 Å². The van der Waals surface area contributed by atoms with Crippen molar-refractivity contribution in [2.45, 2.75) is 18.9 Å². The summed E-state index contributed by atoms with van der Waals surface area (Å²) in [6.07, 6.45) is 2.63. The van der Waals surface area contributed by atoms with Crippen molar-refractivity contribution < 1.29 is 14.6 Å². The predicted molar refractivity (Wildman–Crippen MR) is 116 cm³/mol. The fraction of sp³-hybridized carbons (Fsp3) is 0.333. The van der Waals surface area contributed by atoms with Gasteiger partial charge in [0.15, 0.2) is 0 Å². The van der Waals surface area contributed by atoms with Crippen LogP contribution in [0.25, 0.3) is 0 Å². The summed E-state index contributed by atoms with van der Waals surface area (Å²) in [7, 11) is 0. The maximum Gasteiger partial charge on any atom is 0.228 e. The third-order valence-corrected chi connectivity index (χ3v) is 6.00. The van der Waals surface area contributed by atoms with Crippen LogP contribution in [0.5, 0.6) is 17.4 Å². The lowest BCUT2D eigenvalue weighted by atomic mass is 9.84. The molecule has 5 rings (SSSR count). The molecule has 2 aliphatic rings. The fourth-order valence-corrected chi connectivity index (χ4v) is 4.41. The van der Waals surface area contributed by atoms with Crippen LogP contribution in [-0.4, -0.2) is 52.4 Å². The standard InChI is InChI=1S/C24H26N4O3/c25-23-22-21(17-5-2-1-3-6-17)19-8-7-18(29)15-20(19)31-24(22)26-16-28(23)10-4-9-27-11-13-30-14-12-27/h1-3,5-8,15-16,21,25,29H,4,9-14H2/t21-/m1/s1. The van der Waals surface area contributed by atoms with Crippen molar-refractivity contribution in [2.24, 2.45) is 0 Å². The number of fused-ring (bicyclic) bond motifs is 2. The first-order valence-corrected chi connectivity index (χ1v) is 10.7. The van der Waals surface area contributed by atoms with E-state index in [1.54, 1.807) is 18.5 Å². The highest BCUT2D eigenvalue weighted by Gasteiger charge is 2.32. The van der Waals surface area contributed by atoms with Crippen molar-refractivity contribution in [3.05, 3.63) is 77.0 Å². The molecule has 7 heteroatoms. The molecule has 0 unspecified atom stereocenters. The Morgan fingerprint density at radius 2 is 1.87 bits per heavy atom. The fourth-order valence-electron chi connectivity index (χ4n) is 4.41. The minimum Gasteiger partial charge on any atom is -0.508 e. The van der Waals surface area contributed by atoms with Gasteiger partial charge in [-0.15, -0.1) is 0 Å². The summed E-state index contributed by atoms with van der Waals surface area (Å²) in [4.78, 5) is 6.96. The molecule has 2 aliphatic heterocycles. The first-order chi connectivity index (χ1) is 15.2. The van der Waals surface area contributed by atoms with Gasteiger partial charge >= 0.3 is 0 Å². The summed E-state index contributed by atoms with van der Waals surface area (Å²) in [5.41, 5.74) is 3.18. The van der Waals surface area contributed by atoms with Gasteiger partial charge in [-0.2, -0.15) is 0 Å². The monoisotopic (exact) mass is 418 g/mol. The molecule has 2 N–H and O–H groups in total. The summed E-state index contributed by atoms with van der Waals surface area (Å²) < 4.78 is 13.3. The van der Waals surface area contributed by atoms with Gasteiger partial charge in [-0.25, -0.2) is 4.98 Å². The number of rotatable bonds is 5. The van der Waals surface area contributed by atoms with Crippen LogP contribution in [-0.2, 0) is 11.3 Å². The molecule has 3 heterocycles. The molecule has 1 atom stereocenters. The number of phenols is 1. The Morgan fingerprint density at radius 3 is 2.68 bits per heavy atom. The number of benzene rings is 2. The van der Waals surface area contributed by atoms with Crippen molar-refractivity contribution in [2.75, 3.05) is 32.8 Å². The molecule has 3 aromatic rings. The first kappa shape index (κ1) is 19.8. The highest BCUT2D eigenvalue weighted by atomic mass is 16.5. The molecule has 7 nitrogen and oxygen atoms in total. The second kappa shape index (κ2) is 8.53. The van der Waals surface area contributed by atoms with Gasteiger partial charge in [-0.1, -0.05) is 36.4 Å². The van der Waals surface area contributed by atoms with E-state index in [1.807, 2.05) is 28.8 Å². The second-order valence-electron chi connectivity index (χ2n) is 7.98. The number of aromatic hydroxyl groups is 1. The maximum absolute atomic E-state index is 9.94. The molecule has 0 spiro atoms. The highest BCUT2D eigenvalue weighted by Crippen LogP contribution is 2.45. The molecular weight excluding hydrogens is 392 g/mol. The molecule has 0 bridgehead atoms. The predicted octanol–water partition coefficient (Wildman–Crippen LogP) is 3.08. The van der Waals surface area contributed by atoms with Crippen LogP contribution < -0.4 is 10.2 Å². The van der Waals surface area contributed by atoms with Gasteiger partial charge in [0.1, 0.15) is 23.3 Å². The number of aromatic nitrogens is 2. The zero-order chi connectivity index (χ0) is 21.2. The van der Waals surface area contributed by atoms with Crippen LogP contribution in [0.3, 0.4) is 0 Å². The van der Waals surface area contributed by atoms with E-state index >= 15 is 0 Å². The van der Waals surface area contributed by atoms with Crippen molar-refractivity contribution in [3.8, 4) is 17.4 Å². The molecule has 1 saturated heterocycles. The Balaban J connectivity index is 1.48. The third kappa shape index (κ3) is 3.94. The smallest absolute Gasteiger partial charge is 0.228 e. The quantitative estimate of drug-likeness (QED) is 0.520. The average Bonchev–Trinajstić information content (AvgIpc) is 2.80. The molecule has 0 saturated carbocycles. The zero-order valence-corrected chi connectivity index (χ0v) is 17.3. The van der Waals surface area contributed by atoms with Gasteiger partial charge in [0.25, 0.3) is 0 Å². The normalized spacial score (nSPS) is 18.1. The molecule has 1 aromatic heterocycles. The second-order valence-corrected chi connectivity index (χ2v) is 7.98. The first-order valence-electron chi connectivity index (χ1n) is 10.7. The topological polar surface area (TPSA) is 83.6 Å². The third-order valence-electron chi connectivity index (χ3n) is 6.00. The van der Waals surface area contributed by atoms with Gasteiger partial charge in [0, 0.05) is 43.7 Å². The number of aryl methyl sites for hydroxylation is 1. The maximum atomic E-state index is 9.94. The summed E-state index contributed by atoms with van der Waals surface area (Å²) in [5.74, 6) is 0.987. The van der Waals surface area contributed by atoms with Crippen molar-refractivity contribution in [3.63, 3.8) is 0 Å².